The van der Waals surface area contributed by atoms with Gasteiger partial charge in [-0.3, -0.25) is 0 Å². The van der Waals surface area contributed by atoms with Gasteiger partial charge < -0.3 is 5.73 Å². The molecule has 0 bridgehead atoms. The molecule has 2 heteroatoms. The molecule has 0 heterocycles. The molecule has 0 spiro atoms. The van der Waals surface area contributed by atoms with Crippen LogP contribution in [-0.2, 0) is 0 Å². The van der Waals surface area contributed by atoms with Gasteiger partial charge in [-0.15, -0.1) is 11.6 Å². The van der Waals surface area contributed by atoms with Gasteiger partial charge in [0.15, 0.2) is 0 Å². The van der Waals surface area contributed by atoms with Crippen LogP contribution >= 0.6 is 11.6 Å². The standard InChI is InChI=1S/C7H16ClN/c1-3-4-7(2,9)5-6-8/h3-6,9H2,1-2H3. The summed E-state index contributed by atoms with van der Waals surface area (Å²) in [6, 6.07) is 0. The zero-order valence-corrected chi connectivity index (χ0v) is 7.04. The van der Waals surface area contributed by atoms with Gasteiger partial charge in [0.1, 0.15) is 0 Å². The van der Waals surface area contributed by atoms with E-state index in [-0.39, 0.29) is 5.54 Å². The molecule has 0 aliphatic carbocycles. The molecule has 9 heavy (non-hydrogen) atoms. The Morgan fingerprint density at radius 1 is 1.44 bits per heavy atom. The molecule has 2 N–H and O–H groups in total. The molecule has 56 valence electrons. The maximum atomic E-state index is 5.85. The van der Waals surface area contributed by atoms with Gasteiger partial charge in [-0.1, -0.05) is 13.3 Å². The van der Waals surface area contributed by atoms with Crippen molar-refractivity contribution in [1.82, 2.24) is 0 Å². The minimum atomic E-state index is -0.0312. The molecule has 0 fully saturated rings. The van der Waals surface area contributed by atoms with Crippen LogP contribution < -0.4 is 5.73 Å². The first-order valence-electron chi connectivity index (χ1n) is 3.47. The number of rotatable bonds is 4. The van der Waals surface area contributed by atoms with Crippen LogP contribution in [0.25, 0.3) is 0 Å². The predicted octanol–water partition coefficient (Wildman–Crippen LogP) is 2.13. The molecule has 0 radical (unpaired) electrons. The van der Waals surface area contributed by atoms with Crippen LogP contribution in [0, 0.1) is 0 Å². The summed E-state index contributed by atoms with van der Waals surface area (Å²) in [5, 5.41) is 0. The Balaban J connectivity index is 3.43. The Bertz CT molecular complexity index is 63.3. The van der Waals surface area contributed by atoms with E-state index in [9.17, 15) is 0 Å². The first-order chi connectivity index (χ1) is 4.12. The van der Waals surface area contributed by atoms with Gasteiger partial charge in [-0.2, -0.15) is 0 Å². The minimum absolute atomic E-state index is 0.0312. The zero-order valence-electron chi connectivity index (χ0n) is 6.28. The fraction of sp³-hybridized carbons (Fsp3) is 1.00. The molecular weight excluding hydrogens is 134 g/mol. The summed E-state index contributed by atoms with van der Waals surface area (Å²) in [5.41, 5.74) is 5.82. The number of nitrogens with two attached hydrogens (primary N) is 1. The molecule has 0 aliphatic rings. The molecule has 1 nitrogen and oxygen atoms in total. The van der Waals surface area contributed by atoms with Crippen molar-refractivity contribution in [3.05, 3.63) is 0 Å². The molecule has 0 saturated carbocycles. The summed E-state index contributed by atoms with van der Waals surface area (Å²) in [6.07, 6.45) is 3.13. The van der Waals surface area contributed by atoms with Crippen LogP contribution in [-0.4, -0.2) is 11.4 Å². The third-order valence-corrected chi connectivity index (χ3v) is 1.68. The third kappa shape index (κ3) is 4.73. The lowest BCUT2D eigenvalue weighted by atomic mass is 9.95. The van der Waals surface area contributed by atoms with Crippen LogP contribution in [0.2, 0.25) is 0 Å². The average molecular weight is 150 g/mol. The fourth-order valence-corrected chi connectivity index (χ4v) is 1.34. The van der Waals surface area contributed by atoms with Crippen molar-refractivity contribution in [2.45, 2.75) is 38.6 Å². The first kappa shape index (κ1) is 9.25. The second kappa shape index (κ2) is 4.13. The summed E-state index contributed by atoms with van der Waals surface area (Å²) in [5.74, 6) is 0.674. The summed E-state index contributed by atoms with van der Waals surface area (Å²) in [6.45, 7) is 4.19. The summed E-state index contributed by atoms with van der Waals surface area (Å²) < 4.78 is 0. The van der Waals surface area contributed by atoms with Gasteiger partial charge in [0.25, 0.3) is 0 Å². The molecule has 1 atom stereocenters. The van der Waals surface area contributed by atoms with Gasteiger partial charge in [-0.25, -0.2) is 0 Å². The highest BCUT2D eigenvalue weighted by molar-refractivity contribution is 6.17. The molecule has 1 unspecified atom stereocenters. The molecule has 0 aromatic carbocycles. The van der Waals surface area contributed by atoms with E-state index in [0.717, 1.165) is 19.3 Å². The van der Waals surface area contributed by atoms with Crippen molar-refractivity contribution in [2.24, 2.45) is 5.73 Å². The number of halogens is 1. The van der Waals surface area contributed by atoms with Crippen LogP contribution in [0.5, 0.6) is 0 Å². The number of hydrogen-bond donors (Lipinski definition) is 1. The van der Waals surface area contributed by atoms with Crippen LogP contribution in [0.3, 0.4) is 0 Å². The first-order valence-corrected chi connectivity index (χ1v) is 4.00. The highest BCUT2D eigenvalue weighted by atomic mass is 35.5. The fourth-order valence-electron chi connectivity index (χ4n) is 0.912. The topological polar surface area (TPSA) is 26.0 Å². The third-order valence-electron chi connectivity index (χ3n) is 1.49. The highest BCUT2D eigenvalue weighted by Crippen LogP contribution is 2.13. The smallest absolute Gasteiger partial charge is 0.0240 e. The normalized spacial score (nSPS) is 17.3. The van der Waals surface area contributed by atoms with Crippen LogP contribution in [0.4, 0.5) is 0 Å². The lowest BCUT2D eigenvalue weighted by Crippen LogP contribution is -2.36. The minimum Gasteiger partial charge on any atom is -0.325 e. The van der Waals surface area contributed by atoms with Crippen molar-refractivity contribution in [1.29, 1.82) is 0 Å². The van der Waals surface area contributed by atoms with Gasteiger partial charge in [-0.05, 0) is 19.8 Å². The Hall–Kier alpha value is 0.250. The summed E-state index contributed by atoms with van der Waals surface area (Å²) in [7, 11) is 0. The van der Waals surface area contributed by atoms with Crippen LogP contribution in [0.1, 0.15) is 33.1 Å². The van der Waals surface area contributed by atoms with E-state index in [1.54, 1.807) is 0 Å². The van der Waals surface area contributed by atoms with E-state index < -0.39 is 0 Å². The molecule has 0 aliphatic heterocycles. The molecule has 0 saturated heterocycles. The van der Waals surface area contributed by atoms with E-state index in [0.29, 0.717) is 5.88 Å². The van der Waals surface area contributed by atoms with E-state index in [1.807, 2.05) is 0 Å². The average Bonchev–Trinajstić information content (AvgIpc) is 1.64. The van der Waals surface area contributed by atoms with Gasteiger partial charge in [0.05, 0.1) is 0 Å². The second-order valence-corrected chi connectivity index (χ2v) is 3.22. The quantitative estimate of drug-likeness (QED) is 0.609. The van der Waals surface area contributed by atoms with Crippen molar-refractivity contribution < 1.29 is 0 Å². The van der Waals surface area contributed by atoms with E-state index in [2.05, 4.69) is 13.8 Å². The lowest BCUT2D eigenvalue weighted by Gasteiger charge is -2.22. The maximum absolute atomic E-state index is 5.85. The summed E-state index contributed by atoms with van der Waals surface area (Å²) >= 11 is 5.54. The molecule has 0 rings (SSSR count). The highest BCUT2D eigenvalue weighted by Gasteiger charge is 2.14. The van der Waals surface area contributed by atoms with Crippen molar-refractivity contribution in [3.8, 4) is 0 Å². The number of alkyl halides is 1. The largest absolute Gasteiger partial charge is 0.325 e. The Morgan fingerprint density at radius 2 is 2.00 bits per heavy atom. The van der Waals surface area contributed by atoms with E-state index in [1.165, 1.54) is 0 Å². The van der Waals surface area contributed by atoms with E-state index >= 15 is 0 Å². The van der Waals surface area contributed by atoms with Crippen LogP contribution in [0.15, 0.2) is 0 Å². The van der Waals surface area contributed by atoms with Crippen molar-refractivity contribution in [3.63, 3.8) is 0 Å². The Morgan fingerprint density at radius 3 is 2.33 bits per heavy atom. The molecular formula is C7H16ClN. The Kier molecular flexibility index (Phi) is 4.24. The number of hydrogen-bond acceptors (Lipinski definition) is 1. The maximum Gasteiger partial charge on any atom is 0.0240 e. The predicted molar refractivity (Wildman–Crippen MR) is 42.8 cm³/mol. The molecule has 0 aromatic heterocycles. The van der Waals surface area contributed by atoms with E-state index in [4.69, 9.17) is 17.3 Å². The van der Waals surface area contributed by atoms with Gasteiger partial charge in [0, 0.05) is 11.4 Å². The molecule has 0 aromatic rings. The lowest BCUT2D eigenvalue weighted by molar-refractivity contribution is 0.416. The second-order valence-electron chi connectivity index (χ2n) is 2.84. The summed E-state index contributed by atoms with van der Waals surface area (Å²) in [4.78, 5) is 0. The van der Waals surface area contributed by atoms with Gasteiger partial charge in [0.2, 0.25) is 0 Å². The molecule has 0 amide bonds. The van der Waals surface area contributed by atoms with Crippen molar-refractivity contribution >= 4 is 11.6 Å². The van der Waals surface area contributed by atoms with Crippen molar-refractivity contribution in [2.75, 3.05) is 5.88 Å². The monoisotopic (exact) mass is 149 g/mol. The Labute approximate surface area is 62.6 Å². The zero-order chi connectivity index (χ0) is 7.33. The SMILES string of the molecule is CCCC(C)(N)CCCl. The van der Waals surface area contributed by atoms with Gasteiger partial charge >= 0.3 is 0 Å².